The molecule has 8 nitrogen and oxygen atoms in total. The van der Waals surface area contributed by atoms with Gasteiger partial charge in [0.2, 0.25) is 5.91 Å². The zero-order valence-electron chi connectivity index (χ0n) is 12.1. The van der Waals surface area contributed by atoms with Gasteiger partial charge in [0.1, 0.15) is 5.69 Å². The number of hydrogen-bond acceptors (Lipinski definition) is 5. The summed E-state index contributed by atoms with van der Waals surface area (Å²) in [6.45, 7) is 3.51. The number of rotatable bonds is 6. The van der Waals surface area contributed by atoms with Crippen molar-refractivity contribution in [2.24, 2.45) is 0 Å². The molecule has 1 aromatic rings. The Kier molecular flexibility index (Phi) is 5.65. The summed E-state index contributed by atoms with van der Waals surface area (Å²) in [5, 5.41) is 18.7. The van der Waals surface area contributed by atoms with E-state index in [0.717, 1.165) is 0 Å². The third-order valence-electron chi connectivity index (χ3n) is 2.57. The van der Waals surface area contributed by atoms with Gasteiger partial charge >= 0.3 is 0 Å². The largest absolute Gasteiger partial charge is 0.371 e. The number of nitro benzene ring substituents is 1. The molecule has 0 unspecified atom stereocenters. The maximum Gasteiger partial charge on any atom is 0.292 e. The Balaban J connectivity index is 2.93. The molecule has 0 saturated carbocycles. The minimum Gasteiger partial charge on any atom is -0.371 e. The van der Waals surface area contributed by atoms with Gasteiger partial charge in [-0.2, -0.15) is 0 Å². The van der Waals surface area contributed by atoms with Crippen LogP contribution in [-0.4, -0.2) is 36.4 Å². The van der Waals surface area contributed by atoms with Gasteiger partial charge in [0, 0.05) is 24.7 Å². The molecule has 1 rings (SSSR count). The Morgan fingerprint density at radius 3 is 2.52 bits per heavy atom. The third-order valence-corrected chi connectivity index (χ3v) is 2.57. The third kappa shape index (κ3) is 4.75. The summed E-state index contributed by atoms with van der Waals surface area (Å²) in [6.07, 6.45) is 0. The van der Waals surface area contributed by atoms with Crippen LogP contribution in [0.5, 0.6) is 0 Å². The fourth-order valence-corrected chi connectivity index (χ4v) is 1.67. The number of nitrogens with one attached hydrogen (secondary N) is 3. The SMILES string of the molecule is CNC(=O)c1ccc([N+](=O)[O-])c(NCC(=O)NC(C)C)c1. The van der Waals surface area contributed by atoms with Crippen LogP contribution in [0.15, 0.2) is 18.2 Å². The fourth-order valence-electron chi connectivity index (χ4n) is 1.67. The van der Waals surface area contributed by atoms with Crippen molar-refractivity contribution >= 4 is 23.2 Å². The summed E-state index contributed by atoms with van der Waals surface area (Å²) in [4.78, 5) is 33.5. The smallest absolute Gasteiger partial charge is 0.292 e. The summed E-state index contributed by atoms with van der Waals surface area (Å²) in [7, 11) is 1.47. The molecule has 1 aromatic carbocycles. The molecule has 2 amide bonds. The molecule has 21 heavy (non-hydrogen) atoms. The molecule has 0 saturated heterocycles. The van der Waals surface area contributed by atoms with Crippen LogP contribution in [0.2, 0.25) is 0 Å². The van der Waals surface area contributed by atoms with Gasteiger partial charge in [0.05, 0.1) is 11.5 Å². The number of carbonyl (C=O) groups excluding carboxylic acids is 2. The first-order valence-corrected chi connectivity index (χ1v) is 6.39. The van der Waals surface area contributed by atoms with E-state index in [1.54, 1.807) is 0 Å². The van der Waals surface area contributed by atoms with Gasteiger partial charge in [-0.1, -0.05) is 0 Å². The molecular formula is C13H18N4O4. The average Bonchev–Trinajstić information content (AvgIpc) is 2.43. The van der Waals surface area contributed by atoms with Gasteiger partial charge in [0.25, 0.3) is 11.6 Å². The average molecular weight is 294 g/mol. The van der Waals surface area contributed by atoms with Crippen molar-refractivity contribution in [2.45, 2.75) is 19.9 Å². The lowest BCUT2D eigenvalue weighted by atomic mass is 10.1. The highest BCUT2D eigenvalue weighted by Gasteiger charge is 2.17. The summed E-state index contributed by atoms with van der Waals surface area (Å²) >= 11 is 0. The molecule has 0 bridgehead atoms. The van der Waals surface area contributed by atoms with Crippen LogP contribution in [0.25, 0.3) is 0 Å². The minimum atomic E-state index is -0.573. The molecular weight excluding hydrogens is 276 g/mol. The molecule has 0 atom stereocenters. The van der Waals surface area contributed by atoms with Gasteiger partial charge in [-0.25, -0.2) is 0 Å². The van der Waals surface area contributed by atoms with Crippen molar-refractivity contribution in [1.29, 1.82) is 0 Å². The van der Waals surface area contributed by atoms with Crippen molar-refractivity contribution in [3.63, 3.8) is 0 Å². The maximum absolute atomic E-state index is 11.6. The van der Waals surface area contributed by atoms with E-state index in [1.807, 2.05) is 13.8 Å². The highest BCUT2D eigenvalue weighted by Crippen LogP contribution is 2.25. The van der Waals surface area contributed by atoms with Gasteiger partial charge < -0.3 is 16.0 Å². The number of hydrogen-bond donors (Lipinski definition) is 3. The van der Waals surface area contributed by atoms with Crippen molar-refractivity contribution in [3.05, 3.63) is 33.9 Å². The van der Waals surface area contributed by atoms with Gasteiger partial charge in [0.15, 0.2) is 0 Å². The second-order valence-corrected chi connectivity index (χ2v) is 4.64. The fraction of sp³-hybridized carbons (Fsp3) is 0.385. The van der Waals surface area contributed by atoms with Crippen LogP contribution in [0.4, 0.5) is 11.4 Å². The van der Waals surface area contributed by atoms with Crippen molar-refractivity contribution in [2.75, 3.05) is 18.9 Å². The summed E-state index contributed by atoms with van der Waals surface area (Å²) in [5.41, 5.74) is 0.204. The van der Waals surface area contributed by atoms with E-state index in [-0.39, 0.29) is 41.3 Å². The Morgan fingerprint density at radius 2 is 2.00 bits per heavy atom. The van der Waals surface area contributed by atoms with E-state index in [1.165, 1.54) is 25.2 Å². The zero-order chi connectivity index (χ0) is 16.0. The number of anilines is 1. The Labute approximate surface area is 122 Å². The van der Waals surface area contributed by atoms with Crippen LogP contribution in [0.1, 0.15) is 24.2 Å². The maximum atomic E-state index is 11.6. The molecule has 0 aliphatic heterocycles. The molecule has 0 fully saturated rings. The van der Waals surface area contributed by atoms with Crippen LogP contribution in [0.3, 0.4) is 0 Å². The predicted molar refractivity (Wildman–Crippen MR) is 78.3 cm³/mol. The Bertz CT molecular complexity index is 557. The zero-order valence-corrected chi connectivity index (χ0v) is 12.1. The molecule has 0 radical (unpaired) electrons. The first kappa shape index (κ1) is 16.4. The van der Waals surface area contributed by atoms with Crippen LogP contribution in [0, 0.1) is 10.1 Å². The highest BCUT2D eigenvalue weighted by atomic mass is 16.6. The quantitative estimate of drug-likeness (QED) is 0.532. The molecule has 8 heteroatoms. The first-order valence-electron chi connectivity index (χ1n) is 6.39. The predicted octanol–water partition coefficient (Wildman–Crippen LogP) is 0.891. The lowest BCUT2D eigenvalue weighted by molar-refractivity contribution is -0.383. The Hall–Kier alpha value is -2.64. The van der Waals surface area contributed by atoms with Gasteiger partial charge in [-0.05, 0) is 26.0 Å². The topological polar surface area (TPSA) is 113 Å². The summed E-state index contributed by atoms with van der Waals surface area (Å²) < 4.78 is 0. The lowest BCUT2D eigenvalue weighted by Crippen LogP contribution is -2.35. The lowest BCUT2D eigenvalue weighted by Gasteiger charge is -2.11. The van der Waals surface area contributed by atoms with E-state index < -0.39 is 4.92 Å². The second-order valence-electron chi connectivity index (χ2n) is 4.64. The molecule has 0 heterocycles. The van der Waals surface area contributed by atoms with Gasteiger partial charge in [-0.3, -0.25) is 19.7 Å². The van der Waals surface area contributed by atoms with Crippen LogP contribution < -0.4 is 16.0 Å². The number of benzene rings is 1. The number of carbonyl (C=O) groups is 2. The second kappa shape index (κ2) is 7.22. The molecule has 0 spiro atoms. The van der Waals surface area contributed by atoms with E-state index in [9.17, 15) is 19.7 Å². The molecule has 3 N–H and O–H groups in total. The molecule has 0 aliphatic carbocycles. The number of nitrogens with zero attached hydrogens (tertiary/aromatic N) is 1. The van der Waals surface area contributed by atoms with E-state index >= 15 is 0 Å². The van der Waals surface area contributed by atoms with Crippen LogP contribution >= 0.6 is 0 Å². The monoisotopic (exact) mass is 294 g/mol. The molecule has 0 aromatic heterocycles. The summed E-state index contributed by atoms with van der Waals surface area (Å²) in [6, 6.07) is 3.91. The molecule has 114 valence electrons. The summed E-state index contributed by atoms with van der Waals surface area (Å²) in [5.74, 6) is -0.649. The molecule has 0 aliphatic rings. The number of nitro groups is 1. The standard InChI is InChI=1S/C13H18N4O4/c1-8(2)16-12(18)7-15-10-6-9(13(19)14-3)4-5-11(10)17(20)21/h4-6,8,15H,7H2,1-3H3,(H,14,19)(H,16,18). The van der Waals surface area contributed by atoms with Crippen molar-refractivity contribution in [3.8, 4) is 0 Å². The van der Waals surface area contributed by atoms with Gasteiger partial charge in [-0.15, -0.1) is 0 Å². The van der Waals surface area contributed by atoms with E-state index in [0.29, 0.717) is 0 Å². The van der Waals surface area contributed by atoms with Crippen molar-refractivity contribution in [1.82, 2.24) is 10.6 Å². The minimum absolute atomic E-state index is 0.0218. The van der Waals surface area contributed by atoms with E-state index in [2.05, 4.69) is 16.0 Å². The Morgan fingerprint density at radius 1 is 1.33 bits per heavy atom. The van der Waals surface area contributed by atoms with E-state index in [4.69, 9.17) is 0 Å². The normalized spacial score (nSPS) is 10.1. The number of amides is 2. The highest BCUT2D eigenvalue weighted by molar-refractivity contribution is 5.96. The van der Waals surface area contributed by atoms with Crippen LogP contribution in [-0.2, 0) is 4.79 Å². The first-order chi connectivity index (χ1) is 9.85. The van der Waals surface area contributed by atoms with Crippen molar-refractivity contribution < 1.29 is 14.5 Å².